The number of carbonyl (C=O) groups excluding carboxylic acids is 1. The molecule has 0 bridgehead atoms. The van der Waals surface area contributed by atoms with Crippen molar-refractivity contribution >= 4 is 34.5 Å². The number of carbonyl (C=O) groups is 1. The summed E-state index contributed by atoms with van der Waals surface area (Å²) in [5.41, 5.74) is 2.75. The van der Waals surface area contributed by atoms with Crippen LogP contribution in [-0.4, -0.2) is 15.9 Å². The normalized spacial score (nSPS) is 10.9. The van der Waals surface area contributed by atoms with Crippen LogP contribution >= 0.6 is 11.8 Å². The number of hydrogen-bond acceptors (Lipinski definition) is 5. The van der Waals surface area contributed by atoms with Gasteiger partial charge in [-0.3, -0.25) is 4.79 Å². The van der Waals surface area contributed by atoms with Gasteiger partial charge >= 0.3 is 0 Å². The Kier molecular flexibility index (Phi) is 4.89. The molecule has 6 heteroatoms. The second-order valence-corrected chi connectivity index (χ2v) is 6.99. The Balaban J connectivity index is 1.46. The number of anilines is 1. The number of nitrogens with zero attached hydrogens (tertiary/aromatic N) is 2. The van der Waals surface area contributed by atoms with Gasteiger partial charge in [0.25, 0.3) is 5.91 Å². The van der Waals surface area contributed by atoms with Gasteiger partial charge in [0.05, 0.1) is 0 Å². The molecule has 0 unspecified atom stereocenters. The first kappa shape index (κ1) is 17.3. The fourth-order valence-corrected chi connectivity index (χ4v) is 3.38. The van der Waals surface area contributed by atoms with Crippen molar-refractivity contribution in [1.29, 1.82) is 0 Å². The summed E-state index contributed by atoms with van der Waals surface area (Å²) in [6.07, 6.45) is 2.50. The van der Waals surface area contributed by atoms with Gasteiger partial charge in [0.15, 0.2) is 11.5 Å². The molecule has 4 aromatic rings. The molecule has 4 rings (SSSR count). The Morgan fingerprint density at radius 1 is 1.11 bits per heavy atom. The molecule has 2 aromatic heterocycles. The first-order chi connectivity index (χ1) is 13.2. The van der Waals surface area contributed by atoms with Crippen LogP contribution < -0.4 is 5.32 Å². The van der Waals surface area contributed by atoms with E-state index in [1.165, 1.54) is 0 Å². The monoisotopic (exact) mass is 375 g/mol. The second kappa shape index (κ2) is 7.63. The minimum absolute atomic E-state index is 0.164. The lowest BCUT2D eigenvalue weighted by molar-refractivity contribution is 0.102. The third-order valence-electron chi connectivity index (χ3n) is 3.97. The molecule has 0 fully saturated rings. The van der Waals surface area contributed by atoms with E-state index in [1.807, 2.05) is 67.6 Å². The highest BCUT2D eigenvalue weighted by Gasteiger charge is 2.09. The molecule has 0 radical (unpaired) electrons. The van der Waals surface area contributed by atoms with Crippen LogP contribution in [0.15, 0.2) is 81.2 Å². The predicted octanol–water partition coefficient (Wildman–Crippen LogP) is 5.19. The Labute approximate surface area is 160 Å². The van der Waals surface area contributed by atoms with Crippen molar-refractivity contribution in [1.82, 2.24) is 9.97 Å². The van der Waals surface area contributed by atoms with E-state index in [-0.39, 0.29) is 5.91 Å². The fraction of sp³-hybridized carbons (Fsp3) is 0.0952. The van der Waals surface area contributed by atoms with E-state index >= 15 is 0 Å². The fourth-order valence-electron chi connectivity index (χ4n) is 2.61. The minimum atomic E-state index is -0.164. The van der Waals surface area contributed by atoms with Gasteiger partial charge in [-0.15, -0.1) is 0 Å². The third-order valence-corrected chi connectivity index (χ3v) is 4.93. The van der Waals surface area contributed by atoms with E-state index in [9.17, 15) is 4.79 Å². The number of rotatable bonds is 5. The standard InChI is InChI=1S/C21H17N3O2S/c1-2-19-24-17-13-15(8-11-18(17)26-19)23-21(25)14-6-9-16(10-7-14)27-20-5-3-4-12-22-20/h3-13H,2H2,1H3,(H,23,25). The lowest BCUT2D eigenvalue weighted by atomic mass is 10.2. The number of oxazole rings is 1. The molecular weight excluding hydrogens is 358 g/mol. The molecule has 0 saturated carbocycles. The van der Waals surface area contributed by atoms with Gasteiger partial charge in [-0.2, -0.15) is 0 Å². The number of aromatic nitrogens is 2. The maximum absolute atomic E-state index is 12.5. The first-order valence-electron chi connectivity index (χ1n) is 8.61. The van der Waals surface area contributed by atoms with Crippen LogP contribution in [0.2, 0.25) is 0 Å². The van der Waals surface area contributed by atoms with Crippen LogP contribution in [0.1, 0.15) is 23.2 Å². The van der Waals surface area contributed by atoms with Crippen molar-refractivity contribution in [2.24, 2.45) is 0 Å². The summed E-state index contributed by atoms with van der Waals surface area (Å²) in [4.78, 5) is 22.2. The lowest BCUT2D eigenvalue weighted by Gasteiger charge is -2.06. The van der Waals surface area contributed by atoms with Crippen LogP contribution in [-0.2, 0) is 6.42 Å². The van der Waals surface area contributed by atoms with E-state index < -0.39 is 0 Å². The van der Waals surface area contributed by atoms with Gasteiger partial charge in [-0.05, 0) is 54.6 Å². The van der Waals surface area contributed by atoms with Crippen molar-refractivity contribution in [3.8, 4) is 0 Å². The number of benzene rings is 2. The molecule has 5 nitrogen and oxygen atoms in total. The van der Waals surface area contributed by atoms with Crippen LogP contribution in [0.5, 0.6) is 0 Å². The zero-order valence-electron chi connectivity index (χ0n) is 14.7. The van der Waals surface area contributed by atoms with Crippen molar-refractivity contribution in [3.05, 3.63) is 78.3 Å². The molecule has 1 N–H and O–H groups in total. The zero-order valence-corrected chi connectivity index (χ0v) is 15.5. The number of nitrogens with one attached hydrogen (secondary N) is 1. The Hall–Kier alpha value is -3.12. The molecule has 134 valence electrons. The summed E-state index contributed by atoms with van der Waals surface area (Å²) in [6.45, 7) is 1.99. The quantitative estimate of drug-likeness (QED) is 0.520. The molecule has 2 heterocycles. The van der Waals surface area contributed by atoms with E-state index in [0.717, 1.165) is 27.4 Å². The molecule has 0 aliphatic heterocycles. The largest absolute Gasteiger partial charge is 0.441 e. The highest BCUT2D eigenvalue weighted by molar-refractivity contribution is 7.99. The van der Waals surface area contributed by atoms with Crippen molar-refractivity contribution in [3.63, 3.8) is 0 Å². The summed E-state index contributed by atoms with van der Waals surface area (Å²) in [6, 6.07) is 18.7. The molecule has 27 heavy (non-hydrogen) atoms. The molecule has 0 atom stereocenters. The summed E-state index contributed by atoms with van der Waals surface area (Å²) in [5.74, 6) is 0.525. The third kappa shape index (κ3) is 4.01. The van der Waals surface area contributed by atoms with Crippen LogP contribution in [0.3, 0.4) is 0 Å². The summed E-state index contributed by atoms with van der Waals surface area (Å²) >= 11 is 1.56. The summed E-state index contributed by atoms with van der Waals surface area (Å²) in [5, 5.41) is 3.83. The SMILES string of the molecule is CCc1nc2cc(NC(=O)c3ccc(Sc4ccccn4)cc3)ccc2o1. The van der Waals surface area contributed by atoms with Gasteiger partial charge in [0.2, 0.25) is 0 Å². The molecule has 0 saturated heterocycles. The topological polar surface area (TPSA) is 68.0 Å². The summed E-state index contributed by atoms with van der Waals surface area (Å²) in [7, 11) is 0. The van der Waals surface area contributed by atoms with Crippen molar-refractivity contribution < 1.29 is 9.21 Å². The summed E-state index contributed by atoms with van der Waals surface area (Å²) < 4.78 is 5.59. The molecular formula is C21H17N3O2S. The molecule has 0 spiro atoms. The number of fused-ring (bicyclic) bond motifs is 1. The van der Waals surface area contributed by atoms with Gasteiger partial charge in [0, 0.05) is 28.8 Å². The Morgan fingerprint density at radius 2 is 1.96 bits per heavy atom. The Bertz CT molecular complexity index is 1080. The smallest absolute Gasteiger partial charge is 0.255 e. The van der Waals surface area contributed by atoms with E-state index in [4.69, 9.17) is 4.42 Å². The average molecular weight is 375 g/mol. The first-order valence-corrected chi connectivity index (χ1v) is 9.42. The molecule has 2 aromatic carbocycles. The van der Waals surface area contributed by atoms with Gasteiger partial charge < -0.3 is 9.73 Å². The molecule has 1 amide bonds. The van der Waals surface area contributed by atoms with Crippen molar-refractivity contribution in [2.45, 2.75) is 23.3 Å². The maximum Gasteiger partial charge on any atom is 0.255 e. The number of amides is 1. The molecule has 0 aliphatic carbocycles. The zero-order chi connectivity index (χ0) is 18.6. The second-order valence-electron chi connectivity index (χ2n) is 5.89. The number of pyridine rings is 1. The van der Waals surface area contributed by atoms with Crippen LogP contribution in [0, 0.1) is 0 Å². The van der Waals surface area contributed by atoms with Crippen molar-refractivity contribution in [2.75, 3.05) is 5.32 Å². The lowest BCUT2D eigenvalue weighted by Crippen LogP contribution is -2.11. The van der Waals surface area contributed by atoms with Crippen LogP contribution in [0.4, 0.5) is 5.69 Å². The maximum atomic E-state index is 12.5. The minimum Gasteiger partial charge on any atom is -0.441 e. The van der Waals surface area contributed by atoms with E-state index in [1.54, 1.807) is 18.0 Å². The molecule has 0 aliphatic rings. The van der Waals surface area contributed by atoms with Gasteiger partial charge in [-0.1, -0.05) is 24.8 Å². The average Bonchev–Trinajstić information content (AvgIpc) is 3.12. The van der Waals surface area contributed by atoms with E-state index in [2.05, 4.69) is 15.3 Å². The van der Waals surface area contributed by atoms with Crippen LogP contribution in [0.25, 0.3) is 11.1 Å². The van der Waals surface area contributed by atoms with E-state index in [0.29, 0.717) is 17.1 Å². The Morgan fingerprint density at radius 3 is 2.70 bits per heavy atom. The predicted molar refractivity (Wildman–Crippen MR) is 106 cm³/mol. The van der Waals surface area contributed by atoms with Gasteiger partial charge in [-0.25, -0.2) is 9.97 Å². The number of hydrogen-bond donors (Lipinski definition) is 1. The highest BCUT2D eigenvalue weighted by Crippen LogP contribution is 2.26. The number of aryl methyl sites for hydroxylation is 1. The highest BCUT2D eigenvalue weighted by atomic mass is 32.2. The van der Waals surface area contributed by atoms with Gasteiger partial charge in [0.1, 0.15) is 10.5 Å².